The summed E-state index contributed by atoms with van der Waals surface area (Å²) in [6, 6.07) is 5.72. The van der Waals surface area contributed by atoms with Crippen molar-refractivity contribution in [1.29, 1.82) is 0 Å². The molecule has 0 saturated carbocycles. The molecule has 2 rings (SSSR count). The van der Waals surface area contributed by atoms with Crippen LogP contribution in [0.3, 0.4) is 0 Å². The Hall–Kier alpha value is -1.23. The molecule has 0 spiro atoms. The highest BCUT2D eigenvalue weighted by Crippen LogP contribution is 2.26. The molecule has 1 heterocycles. The summed E-state index contributed by atoms with van der Waals surface area (Å²) in [6.45, 7) is 6.70. The topological polar surface area (TPSA) is 58.2 Å². The van der Waals surface area contributed by atoms with Crippen LogP contribution in [0.2, 0.25) is 0 Å². The lowest BCUT2D eigenvalue weighted by Crippen LogP contribution is -2.26. The van der Waals surface area contributed by atoms with Crippen LogP contribution in [0.5, 0.6) is 0 Å². The van der Waals surface area contributed by atoms with Crippen LogP contribution >= 0.6 is 0 Å². The summed E-state index contributed by atoms with van der Waals surface area (Å²) in [5.41, 5.74) is 2.68. The fourth-order valence-electron chi connectivity index (χ4n) is 2.31. The third-order valence-electron chi connectivity index (χ3n) is 2.94. The normalized spacial score (nSPS) is 15.5. The first-order chi connectivity index (χ1) is 8.75. The fourth-order valence-corrected chi connectivity index (χ4v) is 4.01. The number of nitrogens with one attached hydrogen (secondary N) is 2. The van der Waals surface area contributed by atoms with Crippen LogP contribution in [0.1, 0.15) is 32.8 Å². The second kappa shape index (κ2) is 5.04. The molecule has 0 radical (unpaired) electrons. The molecule has 1 aromatic carbocycles. The third kappa shape index (κ3) is 4.13. The van der Waals surface area contributed by atoms with Crippen molar-refractivity contribution in [1.82, 2.24) is 0 Å². The smallest absolute Gasteiger partial charge is 0.233 e. The lowest BCUT2D eigenvalue weighted by atomic mass is 10.0. The average Bonchev–Trinajstić information content (AvgIpc) is 2.24. The molecule has 0 unspecified atom stereocenters. The highest BCUT2D eigenvalue weighted by molar-refractivity contribution is 7.92. The molecule has 0 amide bonds. The number of rotatable bonds is 3. The quantitative estimate of drug-likeness (QED) is 0.896. The predicted octanol–water partition coefficient (Wildman–Crippen LogP) is 2.83. The Labute approximate surface area is 115 Å². The van der Waals surface area contributed by atoms with Gasteiger partial charge in [0, 0.05) is 12.2 Å². The van der Waals surface area contributed by atoms with Crippen LogP contribution in [0.25, 0.3) is 0 Å². The second-order valence-corrected chi connectivity index (χ2v) is 8.05. The van der Waals surface area contributed by atoms with E-state index < -0.39 is 10.0 Å². The van der Waals surface area contributed by atoms with E-state index in [2.05, 4.69) is 10.0 Å². The molecule has 106 valence electrons. The minimum absolute atomic E-state index is 0.116. The third-order valence-corrected chi connectivity index (χ3v) is 4.74. The van der Waals surface area contributed by atoms with Gasteiger partial charge < -0.3 is 5.32 Å². The average molecular weight is 282 g/mol. The van der Waals surface area contributed by atoms with E-state index in [9.17, 15) is 8.42 Å². The Balaban J connectivity index is 2.15. The summed E-state index contributed by atoms with van der Waals surface area (Å²) in [4.78, 5) is 0. The Morgan fingerprint density at radius 2 is 2.05 bits per heavy atom. The van der Waals surface area contributed by atoms with Crippen molar-refractivity contribution in [3.63, 3.8) is 0 Å². The van der Waals surface area contributed by atoms with Crippen molar-refractivity contribution in [2.45, 2.75) is 33.6 Å². The summed E-state index contributed by atoms with van der Waals surface area (Å²) < 4.78 is 26.8. The summed E-state index contributed by atoms with van der Waals surface area (Å²) in [5.74, 6) is 0.116. The standard InChI is InChI=1S/C14H22N2O2S/c1-14(2,3)10-19(17,18)16-12-7-6-11-5-4-8-15-13(11)9-12/h6-7,9,15-16H,4-5,8,10H2,1-3H3. The highest BCUT2D eigenvalue weighted by atomic mass is 32.2. The molecule has 0 aliphatic carbocycles. The van der Waals surface area contributed by atoms with Crippen molar-refractivity contribution in [3.05, 3.63) is 23.8 Å². The SMILES string of the molecule is CC(C)(C)CS(=O)(=O)Nc1ccc2c(c1)NCCC2. The van der Waals surface area contributed by atoms with E-state index in [0.717, 1.165) is 25.1 Å². The number of fused-ring (bicyclic) bond motifs is 1. The van der Waals surface area contributed by atoms with Crippen molar-refractivity contribution < 1.29 is 8.42 Å². The zero-order chi connectivity index (χ0) is 14.1. The van der Waals surface area contributed by atoms with Gasteiger partial charge in [0.15, 0.2) is 0 Å². The molecule has 2 N–H and O–H groups in total. The van der Waals surface area contributed by atoms with Gasteiger partial charge in [-0.15, -0.1) is 0 Å². The number of benzene rings is 1. The Morgan fingerprint density at radius 1 is 1.32 bits per heavy atom. The number of hydrogen-bond acceptors (Lipinski definition) is 3. The van der Waals surface area contributed by atoms with Crippen LogP contribution in [0.15, 0.2) is 18.2 Å². The van der Waals surface area contributed by atoms with Gasteiger partial charge in [0.25, 0.3) is 0 Å². The lowest BCUT2D eigenvalue weighted by molar-refractivity contribution is 0.463. The molecule has 4 nitrogen and oxygen atoms in total. The summed E-state index contributed by atoms with van der Waals surface area (Å²) in [6.07, 6.45) is 2.18. The molecule has 1 aliphatic heterocycles. The maximum atomic E-state index is 12.1. The van der Waals surface area contributed by atoms with E-state index in [1.807, 2.05) is 39.0 Å². The molecule has 19 heavy (non-hydrogen) atoms. The van der Waals surface area contributed by atoms with Crippen molar-refractivity contribution >= 4 is 21.4 Å². The van der Waals surface area contributed by atoms with E-state index in [-0.39, 0.29) is 11.2 Å². The number of sulfonamides is 1. The first-order valence-corrected chi connectivity index (χ1v) is 8.28. The number of hydrogen-bond donors (Lipinski definition) is 2. The zero-order valence-corrected chi connectivity index (χ0v) is 12.6. The van der Waals surface area contributed by atoms with Crippen molar-refractivity contribution in [2.24, 2.45) is 5.41 Å². The van der Waals surface area contributed by atoms with Gasteiger partial charge in [0.05, 0.1) is 11.4 Å². The van der Waals surface area contributed by atoms with E-state index in [4.69, 9.17) is 0 Å². The minimum Gasteiger partial charge on any atom is -0.385 e. The molecule has 0 saturated heterocycles. The molecule has 0 aromatic heterocycles. The Kier molecular flexibility index (Phi) is 3.76. The van der Waals surface area contributed by atoms with Gasteiger partial charge in [-0.1, -0.05) is 26.8 Å². The first-order valence-electron chi connectivity index (χ1n) is 6.62. The maximum absolute atomic E-state index is 12.1. The van der Waals surface area contributed by atoms with Gasteiger partial charge >= 0.3 is 0 Å². The molecular formula is C14H22N2O2S. The van der Waals surface area contributed by atoms with Crippen molar-refractivity contribution in [3.8, 4) is 0 Å². The highest BCUT2D eigenvalue weighted by Gasteiger charge is 2.21. The molecule has 0 bridgehead atoms. The number of aryl methyl sites for hydroxylation is 1. The van der Waals surface area contributed by atoms with Crippen LogP contribution in [-0.2, 0) is 16.4 Å². The predicted molar refractivity (Wildman–Crippen MR) is 80.1 cm³/mol. The van der Waals surface area contributed by atoms with Gasteiger partial charge in [-0.2, -0.15) is 0 Å². The number of anilines is 2. The molecule has 5 heteroatoms. The van der Waals surface area contributed by atoms with E-state index >= 15 is 0 Å². The van der Waals surface area contributed by atoms with Gasteiger partial charge in [0.2, 0.25) is 10.0 Å². The molecular weight excluding hydrogens is 260 g/mol. The van der Waals surface area contributed by atoms with E-state index in [0.29, 0.717) is 5.69 Å². The monoisotopic (exact) mass is 282 g/mol. The van der Waals surface area contributed by atoms with E-state index in [1.54, 1.807) is 0 Å². The van der Waals surface area contributed by atoms with E-state index in [1.165, 1.54) is 5.56 Å². The van der Waals surface area contributed by atoms with Gasteiger partial charge in [-0.3, -0.25) is 4.72 Å². The van der Waals surface area contributed by atoms with Gasteiger partial charge in [-0.25, -0.2) is 8.42 Å². The van der Waals surface area contributed by atoms with Crippen LogP contribution in [0, 0.1) is 5.41 Å². The fraction of sp³-hybridized carbons (Fsp3) is 0.571. The largest absolute Gasteiger partial charge is 0.385 e. The second-order valence-electron chi connectivity index (χ2n) is 6.32. The Bertz CT molecular complexity index is 559. The molecule has 1 aromatic rings. The summed E-state index contributed by atoms with van der Waals surface area (Å²) in [7, 11) is -3.30. The van der Waals surface area contributed by atoms with Gasteiger partial charge in [0.1, 0.15) is 0 Å². The summed E-state index contributed by atoms with van der Waals surface area (Å²) >= 11 is 0. The van der Waals surface area contributed by atoms with Crippen molar-refractivity contribution in [2.75, 3.05) is 22.3 Å². The van der Waals surface area contributed by atoms with Crippen LogP contribution in [0.4, 0.5) is 11.4 Å². The molecule has 0 fully saturated rings. The lowest BCUT2D eigenvalue weighted by Gasteiger charge is -2.21. The zero-order valence-electron chi connectivity index (χ0n) is 11.8. The Morgan fingerprint density at radius 3 is 2.74 bits per heavy atom. The maximum Gasteiger partial charge on any atom is 0.233 e. The van der Waals surface area contributed by atoms with Gasteiger partial charge in [-0.05, 0) is 36.0 Å². The minimum atomic E-state index is -3.30. The first kappa shape index (κ1) is 14.2. The van der Waals surface area contributed by atoms with Crippen LogP contribution in [-0.4, -0.2) is 20.7 Å². The molecule has 1 aliphatic rings. The molecule has 0 atom stereocenters. The summed E-state index contributed by atoms with van der Waals surface area (Å²) in [5, 5.41) is 3.30. The van der Waals surface area contributed by atoms with Crippen LogP contribution < -0.4 is 10.0 Å².